The van der Waals surface area contributed by atoms with E-state index in [1.54, 1.807) is 0 Å². The number of nitrogens with zero attached hydrogens (tertiary/aromatic N) is 2. The first-order valence-corrected chi connectivity index (χ1v) is 8.56. The number of aromatic nitrogens is 2. The summed E-state index contributed by atoms with van der Waals surface area (Å²) in [5.41, 5.74) is 4.82. The van der Waals surface area contributed by atoms with E-state index in [1.807, 2.05) is 54.0 Å². The first-order chi connectivity index (χ1) is 11.7. The van der Waals surface area contributed by atoms with E-state index in [1.165, 1.54) is 12.8 Å². The van der Waals surface area contributed by atoms with Crippen LogP contribution >= 0.6 is 0 Å². The minimum atomic E-state index is 0.155. The van der Waals surface area contributed by atoms with E-state index in [0.717, 1.165) is 41.0 Å². The molecule has 4 nitrogen and oxygen atoms in total. The normalized spacial score (nSPS) is 15.0. The van der Waals surface area contributed by atoms with Gasteiger partial charge in [-0.1, -0.05) is 31.0 Å². The number of fused-ring (bicyclic) bond motifs is 1. The Morgan fingerprint density at radius 1 is 1.21 bits per heavy atom. The molecular weight excluding hydrogens is 298 g/mol. The molecule has 0 saturated heterocycles. The second-order valence-corrected chi connectivity index (χ2v) is 6.59. The Morgan fingerprint density at radius 3 is 2.83 bits per heavy atom. The highest BCUT2D eigenvalue weighted by Gasteiger charge is 2.23. The zero-order valence-electron chi connectivity index (χ0n) is 13.8. The molecule has 1 fully saturated rings. The Balaban J connectivity index is 1.64. The number of hydrogen-bond donors (Lipinski definition) is 1. The summed E-state index contributed by atoms with van der Waals surface area (Å²) in [5, 5.41) is 3.12. The lowest BCUT2D eigenvalue weighted by molar-refractivity contribution is -0.119. The topological polar surface area (TPSA) is 46.4 Å². The number of carbonyl (C=O) groups is 1. The maximum atomic E-state index is 12.4. The molecule has 1 N–H and O–H groups in total. The monoisotopic (exact) mass is 319 g/mol. The predicted molar refractivity (Wildman–Crippen MR) is 96.0 cm³/mol. The van der Waals surface area contributed by atoms with Crippen molar-refractivity contribution in [2.45, 2.75) is 32.6 Å². The van der Waals surface area contributed by atoms with Crippen LogP contribution in [0.2, 0.25) is 0 Å². The lowest BCUT2D eigenvalue weighted by atomic mass is 10.1. The van der Waals surface area contributed by atoms with Crippen molar-refractivity contribution in [2.75, 3.05) is 5.32 Å². The molecule has 1 amide bonds. The molecular formula is C20H21N3O. The van der Waals surface area contributed by atoms with E-state index in [0.29, 0.717) is 0 Å². The van der Waals surface area contributed by atoms with Gasteiger partial charge in [-0.2, -0.15) is 0 Å². The van der Waals surface area contributed by atoms with Crippen molar-refractivity contribution >= 4 is 17.2 Å². The minimum absolute atomic E-state index is 0.155. The molecule has 1 aliphatic carbocycles. The van der Waals surface area contributed by atoms with Crippen molar-refractivity contribution in [2.24, 2.45) is 5.92 Å². The van der Waals surface area contributed by atoms with E-state index in [2.05, 4.69) is 16.4 Å². The molecule has 0 unspecified atom stereocenters. The Labute approximate surface area is 141 Å². The third-order valence-corrected chi connectivity index (χ3v) is 4.88. The first-order valence-electron chi connectivity index (χ1n) is 8.56. The van der Waals surface area contributed by atoms with Crippen LogP contribution < -0.4 is 5.32 Å². The van der Waals surface area contributed by atoms with E-state index in [4.69, 9.17) is 0 Å². The number of benzene rings is 1. The number of aryl methyl sites for hydroxylation is 1. The van der Waals surface area contributed by atoms with Crippen LogP contribution in [0.5, 0.6) is 0 Å². The molecule has 3 aromatic rings. The molecule has 4 heteroatoms. The molecule has 1 aliphatic rings. The highest BCUT2D eigenvalue weighted by atomic mass is 16.1. The van der Waals surface area contributed by atoms with Crippen molar-refractivity contribution in [3.8, 4) is 11.3 Å². The van der Waals surface area contributed by atoms with Gasteiger partial charge in [0.1, 0.15) is 5.65 Å². The van der Waals surface area contributed by atoms with Gasteiger partial charge in [0.2, 0.25) is 5.91 Å². The summed E-state index contributed by atoms with van der Waals surface area (Å²) >= 11 is 0. The van der Waals surface area contributed by atoms with Crippen LogP contribution in [0.25, 0.3) is 16.9 Å². The SMILES string of the molecule is Cc1ccc(-c2cn3ccccc3n2)cc1NC(=O)C1CCCC1. The van der Waals surface area contributed by atoms with Crippen molar-refractivity contribution in [3.63, 3.8) is 0 Å². The largest absolute Gasteiger partial charge is 0.326 e. The van der Waals surface area contributed by atoms with E-state index in [-0.39, 0.29) is 11.8 Å². The van der Waals surface area contributed by atoms with E-state index >= 15 is 0 Å². The van der Waals surface area contributed by atoms with Gasteiger partial charge in [0.25, 0.3) is 0 Å². The summed E-state index contributed by atoms with van der Waals surface area (Å²) in [6, 6.07) is 12.1. The molecule has 0 aliphatic heterocycles. The Hall–Kier alpha value is -2.62. The van der Waals surface area contributed by atoms with E-state index in [9.17, 15) is 4.79 Å². The molecule has 1 aromatic carbocycles. The fourth-order valence-electron chi connectivity index (χ4n) is 3.41. The second kappa shape index (κ2) is 6.11. The zero-order chi connectivity index (χ0) is 16.5. The Bertz CT molecular complexity index is 858. The van der Waals surface area contributed by atoms with Gasteiger partial charge in [-0.25, -0.2) is 4.98 Å². The molecule has 0 atom stereocenters. The average molecular weight is 319 g/mol. The third kappa shape index (κ3) is 2.80. The lowest BCUT2D eigenvalue weighted by Gasteiger charge is -2.13. The summed E-state index contributed by atoms with van der Waals surface area (Å²) in [6.07, 6.45) is 8.36. The highest BCUT2D eigenvalue weighted by molar-refractivity contribution is 5.94. The molecule has 1 saturated carbocycles. The van der Waals surface area contributed by atoms with Crippen LogP contribution in [-0.4, -0.2) is 15.3 Å². The van der Waals surface area contributed by atoms with Crippen molar-refractivity contribution in [1.82, 2.24) is 9.38 Å². The smallest absolute Gasteiger partial charge is 0.227 e. The first kappa shape index (κ1) is 14.9. The molecule has 122 valence electrons. The number of rotatable bonds is 3. The minimum Gasteiger partial charge on any atom is -0.326 e. The molecule has 4 rings (SSSR count). The second-order valence-electron chi connectivity index (χ2n) is 6.59. The number of pyridine rings is 1. The van der Waals surface area contributed by atoms with Crippen molar-refractivity contribution < 1.29 is 4.79 Å². The fraction of sp³-hybridized carbons (Fsp3) is 0.300. The van der Waals surface area contributed by atoms with Gasteiger partial charge >= 0.3 is 0 Å². The van der Waals surface area contributed by atoms with Crippen LogP contribution in [-0.2, 0) is 4.79 Å². The molecule has 24 heavy (non-hydrogen) atoms. The maximum Gasteiger partial charge on any atom is 0.227 e. The third-order valence-electron chi connectivity index (χ3n) is 4.88. The standard InChI is InChI=1S/C20H21N3O/c1-14-9-10-16(18-13-23-11-5-4-8-19(23)21-18)12-17(14)22-20(24)15-6-2-3-7-15/h4-5,8-13,15H,2-3,6-7H2,1H3,(H,22,24). The summed E-state index contributed by atoms with van der Waals surface area (Å²) < 4.78 is 2.01. The fourth-order valence-corrected chi connectivity index (χ4v) is 3.41. The number of hydrogen-bond acceptors (Lipinski definition) is 2. The molecule has 0 spiro atoms. The van der Waals surface area contributed by atoms with Crippen molar-refractivity contribution in [3.05, 3.63) is 54.4 Å². The van der Waals surface area contributed by atoms with Crippen molar-refractivity contribution in [1.29, 1.82) is 0 Å². The lowest BCUT2D eigenvalue weighted by Crippen LogP contribution is -2.20. The molecule has 0 bridgehead atoms. The van der Waals surface area contributed by atoms with Gasteiger partial charge in [-0.05, 0) is 43.5 Å². The van der Waals surface area contributed by atoms with Gasteiger partial charge in [-0.3, -0.25) is 4.79 Å². The Morgan fingerprint density at radius 2 is 2.04 bits per heavy atom. The van der Waals surface area contributed by atoms with Gasteiger partial charge in [0.15, 0.2) is 0 Å². The van der Waals surface area contributed by atoms with Gasteiger partial charge < -0.3 is 9.72 Å². The molecule has 2 aromatic heterocycles. The predicted octanol–water partition coefficient (Wildman–Crippen LogP) is 4.44. The summed E-state index contributed by atoms with van der Waals surface area (Å²) in [4.78, 5) is 17.1. The van der Waals surface area contributed by atoms with Gasteiger partial charge in [0.05, 0.1) is 5.69 Å². The van der Waals surface area contributed by atoms with Crippen LogP contribution in [0.3, 0.4) is 0 Å². The highest BCUT2D eigenvalue weighted by Crippen LogP contribution is 2.29. The van der Waals surface area contributed by atoms with Crippen LogP contribution in [0.15, 0.2) is 48.8 Å². The van der Waals surface area contributed by atoms with Crippen LogP contribution in [0.1, 0.15) is 31.2 Å². The Kier molecular flexibility index (Phi) is 3.81. The number of anilines is 1. The van der Waals surface area contributed by atoms with Crippen LogP contribution in [0.4, 0.5) is 5.69 Å². The van der Waals surface area contributed by atoms with E-state index < -0.39 is 0 Å². The van der Waals surface area contributed by atoms with Gasteiger partial charge in [-0.15, -0.1) is 0 Å². The number of carbonyl (C=O) groups excluding carboxylic acids is 1. The zero-order valence-corrected chi connectivity index (χ0v) is 13.8. The number of nitrogens with one attached hydrogen (secondary N) is 1. The summed E-state index contributed by atoms with van der Waals surface area (Å²) in [6.45, 7) is 2.03. The molecule has 0 radical (unpaired) electrons. The van der Waals surface area contributed by atoms with Gasteiger partial charge in [0, 0.05) is 29.6 Å². The van der Waals surface area contributed by atoms with Crippen LogP contribution in [0, 0.1) is 12.8 Å². The maximum absolute atomic E-state index is 12.4. The quantitative estimate of drug-likeness (QED) is 0.776. The summed E-state index contributed by atoms with van der Waals surface area (Å²) in [5.74, 6) is 0.325. The number of amides is 1. The average Bonchev–Trinajstić information content (AvgIpc) is 3.26. The number of imidazole rings is 1. The molecule has 2 heterocycles. The summed E-state index contributed by atoms with van der Waals surface area (Å²) in [7, 11) is 0.